The van der Waals surface area contributed by atoms with Gasteiger partial charge in [-0.3, -0.25) is 0 Å². The molecule has 18 heavy (non-hydrogen) atoms. The first kappa shape index (κ1) is 13.5. The Morgan fingerprint density at radius 1 is 1.33 bits per heavy atom. The molecule has 0 spiro atoms. The van der Waals surface area contributed by atoms with Gasteiger partial charge in [0.1, 0.15) is 0 Å². The molecular formula is C13H17ClO4. The Morgan fingerprint density at radius 3 is 2.50 bits per heavy atom. The van der Waals surface area contributed by atoms with Crippen molar-refractivity contribution >= 4 is 11.6 Å². The van der Waals surface area contributed by atoms with Crippen LogP contribution in [-0.4, -0.2) is 25.4 Å². The lowest BCUT2D eigenvalue weighted by molar-refractivity contribution is -0.226. The number of methoxy groups -OCH3 is 1. The van der Waals surface area contributed by atoms with Crippen molar-refractivity contribution in [3.8, 4) is 11.5 Å². The van der Waals surface area contributed by atoms with Crippen LogP contribution in [0.4, 0.5) is 0 Å². The van der Waals surface area contributed by atoms with Gasteiger partial charge in [0, 0.05) is 17.0 Å². The van der Waals surface area contributed by atoms with Crippen LogP contribution in [0.1, 0.15) is 25.7 Å². The second-order valence-corrected chi connectivity index (χ2v) is 5.57. The van der Waals surface area contributed by atoms with Crippen molar-refractivity contribution in [1.29, 1.82) is 0 Å². The van der Waals surface area contributed by atoms with Crippen molar-refractivity contribution in [1.82, 2.24) is 0 Å². The van der Waals surface area contributed by atoms with E-state index in [0.29, 0.717) is 29.5 Å². The van der Waals surface area contributed by atoms with Crippen LogP contribution in [-0.2, 0) is 9.47 Å². The number of phenolic OH excluding ortho intramolecular Hbond substituents is 1. The van der Waals surface area contributed by atoms with E-state index in [2.05, 4.69) is 13.8 Å². The van der Waals surface area contributed by atoms with E-state index in [1.165, 1.54) is 13.2 Å². The van der Waals surface area contributed by atoms with Gasteiger partial charge in [-0.2, -0.15) is 0 Å². The molecule has 0 radical (unpaired) electrons. The number of ether oxygens (including phenoxy) is 3. The summed E-state index contributed by atoms with van der Waals surface area (Å²) in [6, 6.07) is 3.07. The highest BCUT2D eigenvalue weighted by atomic mass is 35.5. The average Bonchev–Trinajstić information content (AvgIpc) is 2.30. The normalized spacial score (nSPS) is 19.8. The molecule has 1 aliphatic rings. The van der Waals surface area contributed by atoms with Crippen LogP contribution in [0.15, 0.2) is 12.1 Å². The Labute approximate surface area is 111 Å². The van der Waals surface area contributed by atoms with E-state index in [-0.39, 0.29) is 11.2 Å². The summed E-state index contributed by atoms with van der Waals surface area (Å²) >= 11 is 6.09. The van der Waals surface area contributed by atoms with Crippen LogP contribution in [0.2, 0.25) is 5.02 Å². The van der Waals surface area contributed by atoms with Crippen LogP contribution >= 0.6 is 11.6 Å². The quantitative estimate of drug-likeness (QED) is 0.899. The molecule has 1 saturated heterocycles. The van der Waals surface area contributed by atoms with Gasteiger partial charge in [0.25, 0.3) is 0 Å². The van der Waals surface area contributed by atoms with Crippen LogP contribution in [0.3, 0.4) is 0 Å². The van der Waals surface area contributed by atoms with Gasteiger partial charge < -0.3 is 19.3 Å². The largest absolute Gasteiger partial charge is 0.504 e. The molecule has 1 aromatic rings. The van der Waals surface area contributed by atoms with Crippen molar-refractivity contribution in [2.75, 3.05) is 20.3 Å². The molecule has 0 saturated carbocycles. The SMILES string of the molecule is COc1cc(C2OCC(C)(C)CO2)c(Cl)cc1O. The van der Waals surface area contributed by atoms with Gasteiger partial charge >= 0.3 is 0 Å². The highest BCUT2D eigenvalue weighted by Gasteiger charge is 2.30. The lowest BCUT2D eigenvalue weighted by Gasteiger charge is -2.35. The van der Waals surface area contributed by atoms with Crippen LogP contribution in [0.25, 0.3) is 0 Å². The summed E-state index contributed by atoms with van der Waals surface area (Å²) in [6.45, 7) is 5.33. The van der Waals surface area contributed by atoms with Crippen LogP contribution in [0.5, 0.6) is 11.5 Å². The molecule has 1 aromatic carbocycles. The summed E-state index contributed by atoms with van der Waals surface area (Å²) in [5, 5.41) is 10.0. The zero-order valence-corrected chi connectivity index (χ0v) is 11.5. The monoisotopic (exact) mass is 272 g/mol. The van der Waals surface area contributed by atoms with Crippen molar-refractivity contribution < 1.29 is 19.3 Å². The van der Waals surface area contributed by atoms with Crippen LogP contribution in [0, 0.1) is 5.41 Å². The zero-order chi connectivity index (χ0) is 13.3. The van der Waals surface area contributed by atoms with Gasteiger partial charge in [-0.05, 0) is 6.07 Å². The minimum Gasteiger partial charge on any atom is -0.504 e. The topological polar surface area (TPSA) is 47.9 Å². The maximum atomic E-state index is 9.61. The summed E-state index contributed by atoms with van der Waals surface area (Å²) in [4.78, 5) is 0. The lowest BCUT2D eigenvalue weighted by atomic mass is 9.95. The molecule has 0 amide bonds. The van der Waals surface area contributed by atoms with E-state index < -0.39 is 6.29 Å². The van der Waals surface area contributed by atoms with E-state index in [4.69, 9.17) is 25.8 Å². The zero-order valence-electron chi connectivity index (χ0n) is 10.7. The third-order valence-electron chi connectivity index (χ3n) is 2.80. The van der Waals surface area contributed by atoms with Crippen molar-refractivity contribution in [2.24, 2.45) is 5.41 Å². The van der Waals surface area contributed by atoms with Gasteiger partial charge in [-0.25, -0.2) is 0 Å². The van der Waals surface area contributed by atoms with Gasteiger partial charge in [0.05, 0.1) is 25.3 Å². The molecule has 5 heteroatoms. The Kier molecular flexibility index (Phi) is 3.71. The fourth-order valence-electron chi connectivity index (χ4n) is 1.77. The minimum atomic E-state index is -0.514. The number of hydrogen-bond donors (Lipinski definition) is 1. The van der Waals surface area contributed by atoms with E-state index in [0.717, 1.165) is 0 Å². The molecule has 1 heterocycles. The highest BCUT2D eigenvalue weighted by molar-refractivity contribution is 6.31. The molecule has 0 aromatic heterocycles. The summed E-state index contributed by atoms with van der Waals surface area (Å²) in [5.74, 6) is 0.355. The molecule has 1 N–H and O–H groups in total. The van der Waals surface area contributed by atoms with Gasteiger partial charge in [0.15, 0.2) is 17.8 Å². The first-order valence-electron chi connectivity index (χ1n) is 5.72. The number of benzene rings is 1. The van der Waals surface area contributed by atoms with Gasteiger partial charge in [-0.15, -0.1) is 0 Å². The maximum absolute atomic E-state index is 9.61. The van der Waals surface area contributed by atoms with Crippen molar-refractivity contribution in [2.45, 2.75) is 20.1 Å². The smallest absolute Gasteiger partial charge is 0.185 e. The lowest BCUT2D eigenvalue weighted by Crippen LogP contribution is -2.33. The number of phenols is 1. The standard InChI is InChI=1S/C13H17ClO4/c1-13(2)6-17-12(18-7-13)8-4-11(16-3)10(15)5-9(8)14/h4-5,12,15H,6-7H2,1-3H3. The average molecular weight is 273 g/mol. The molecule has 1 aliphatic heterocycles. The predicted octanol–water partition coefficient (Wildman–Crippen LogP) is 3.13. The molecule has 0 bridgehead atoms. The third kappa shape index (κ3) is 2.71. The van der Waals surface area contributed by atoms with E-state index >= 15 is 0 Å². The molecule has 0 unspecified atom stereocenters. The Balaban J connectivity index is 2.24. The van der Waals surface area contributed by atoms with Crippen molar-refractivity contribution in [3.63, 3.8) is 0 Å². The first-order chi connectivity index (χ1) is 8.43. The number of rotatable bonds is 2. The molecule has 0 atom stereocenters. The molecule has 1 fully saturated rings. The number of hydrogen-bond acceptors (Lipinski definition) is 4. The van der Waals surface area contributed by atoms with E-state index in [9.17, 15) is 5.11 Å². The second kappa shape index (κ2) is 4.96. The number of halogens is 1. The summed E-state index contributed by atoms with van der Waals surface area (Å²) in [6.07, 6.45) is -0.514. The Hall–Kier alpha value is -0.970. The molecule has 4 nitrogen and oxygen atoms in total. The van der Waals surface area contributed by atoms with E-state index in [1.54, 1.807) is 6.07 Å². The molecule has 2 rings (SSSR count). The molecule has 100 valence electrons. The predicted molar refractivity (Wildman–Crippen MR) is 68.1 cm³/mol. The molecular weight excluding hydrogens is 256 g/mol. The van der Waals surface area contributed by atoms with E-state index in [1.807, 2.05) is 0 Å². The second-order valence-electron chi connectivity index (χ2n) is 5.16. The Bertz CT molecular complexity index is 435. The van der Waals surface area contributed by atoms with Crippen molar-refractivity contribution in [3.05, 3.63) is 22.7 Å². The molecule has 0 aliphatic carbocycles. The maximum Gasteiger partial charge on any atom is 0.185 e. The first-order valence-corrected chi connectivity index (χ1v) is 6.10. The third-order valence-corrected chi connectivity index (χ3v) is 3.13. The summed E-state index contributed by atoms with van der Waals surface area (Å²) in [5.41, 5.74) is 0.672. The fourth-order valence-corrected chi connectivity index (χ4v) is 2.02. The summed E-state index contributed by atoms with van der Waals surface area (Å²) < 4.78 is 16.4. The van der Waals surface area contributed by atoms with Gasteiger partial charge in [-0.1, -0.05) is 25.4 Å². The minimum absolute atomic E-state index is 0.00221. The fraction of sp³-hybridized carbons (Fsp3) is 0.538. The van der Waals surface area contributed by atoms with Gasteiger partial charge in [0.2, 0.25) is 0 Å². The highest BCUT2D eigenvalue weighted by Crippen LogP contribution is 2.39. The summed E-state index contributed by atoms with van der Waals surface area (Å²) in [7, 11) is 1.48. The Morgan fingerprint density at radius 2 is 1.94 bits per heavy atom. The number of aromatic hydroxyl groups is 1. The van der Waals surface area contributed by atoms with Crippen LogP contribution < -0.4 is 4.74 Å².